The molecule has 5 nitrogen and oxygen atoms in total. The van der Waals surface area contributed by atoms with Crippen molar-refractivity contribution in [2.75, 3.05) is 24.5 Å². The number of nitrogens with one attached hydrogen (secondary N) is 1. The van der Waals surface area contributed by atoms with Crippen molar-refractivity contribution in [3.63, 3.8) is 0 Å². The van der Waals surface area contributed by atoms with Crippen LogP contribution in [0.25, 0.3) is 0 Å². The van der Waals surface area contributed by atoms with E-state index in [9.17, 15) is 5.11 Å². The second kappa shape index (κ2) is 6.50. The number of hydrogen-bond donors (Lipinski definition) is 2. The van der Waals surface area contributed by atoms with Crippen LogP contribution in [0.2, 0.25) is 0 Å². The van der Waals surface area contributed by atoms with Crippen molar-refractivity contribution in [1.29, 1.82) is 0 Å². The van der Waals surface area contributed by atoms with Gasteiger partial charge in [-0.25, -0.2) is 4.98 Å². The highest BCUT2D eigenvalue weighted by atomic mass is 16.3. The highest BCUT2D eigenvalue weighted by Gasteiger charge is 2.19. The second-order valence-corrected chi connectivity index (χ2v) is 5.92. The maximum Gasteiger partial charge on any atom is 0.147 e. The smallest absolute Gasteiger partial charge is 0.147 e. The zero-order valence-electron chi connectivity index (χ0n) is 12.0. The van der Waals surface area contributed by atoms with Gasteiger partial charge in [0.15, 0.2) is 0 Å². The predicted molar refractivity (Wildman–Crippen MR) is 78.8 cm³/mol. The molecule has 110 valence electrons. The van der Waals surface area contributed by atoms with Crippen molar-refractivity contribution < 1.29 is 5.11 Å². The van der Waals surface area contributed by atoms with Crippen LogP contribution >= 0.6 is 0 Å². The van der Waals surface area contributed by atoms with Gasteiger partial charge in [0.2, 0.25) is 0 Å². The van der Waals surface area contributed by atoms with Crippen LogP contribution < -0.4 is 10.2 Å². The fourth-order valence-corrected chi connectivity index (χ4v) is 3.09. The Morgan fingerprint density at radius 1 is 1.25 bits per heavy atom. The Labute approximate surface area is 120 Å². The summed E-state index contributed by atoms with van der Waals surface area (Å²) in [6, 6.07) is 0.658. The standard InChI is InChI=1S/C15H24N4O/c20-14-5-8-19(9-6-14)15-11-16-10-13(18-15)4-3-12-2-1-7-17-12/h10-12,14,17,20H,1-9H2/t12-/m0/s1. The van der Waals surface area contributed by atoms with E-state index in [0.29, 0.717) is 6.04 Å². The first-order valence-electron chi connectivity index (χ1n) is 7.78. The van der Waals surface area contributed by atoms with Gasteiger partial charge in [0.05, 0.1) is 18.0 Å². The molecule has 2 aliphatic rings. The molecule has 1 aromatic rings. The van der Waals surface area contributed by atoms with Crippen molar-refractivity contribution in [3.05, 3.63) is 18.1 Å². The summed E-state index contributed by atoms with van der Waals surface area (Å²) in [6.45, 7) is 2.92. The molecule has 2 N–H and O–H groups in total. The Bertz CT molecular complexity index is 426. The van der Waals surface area contributed by atoms with Crippen molar-refractivity contribution in [2.24, 2.45) is 0 Å². The SMILES string of the molecule is OC1CCN(c2cncc(CC[C@@H]3CCCN3)n2)CC1. The Morgan fingerprint density at radius 2 is 2.10 bits per heavy atom. The van der Waals surface area contributed by atoms with E-state index in [2.05, 4.69) is 15.2 Å². The Morgan fingerprint density at radius 3 is 2.85 bits per heavy atom. The quantitative estimate of drug-likeness (QED) is 0.863. The number of anilines is 1. The van der Waals surface area contributed by atoms with Crippen LogP contribution in [-0.4, -0.2) is 46.9 Å². The average molecular weight is 276 g/mol. The van der Waals surface area contributed by atoms with Crippen LogP contribution in [0.15, 0.2) is 12.4 Å². The zero-order chi connectivity index (χ0) is 13.8. The molecule has 0 aromatic carbocycles. The summed E-state index contributed by atoms with van der Waals surface area (Å²) in [5.74, 6) is 0.966. The highest BCUT2D eigenvalue weighted by molar-refractivity contribution is 5.36. The molecule has 0 radical (unpaired) electrons. The van der Waals surface area contributed by atoms with Gasteiger partial charge in [-0.2, -0.15) is 0 Å². The molecule has 0 saturated carbocycles. The second-order valence-electron chi connectivity index (χ2n) is 5.92. The van der Waals surface area contributed by atoms with Gasteiger partial charge in [0.1, 0.15) is 5.82 Å². The van der Waals surface area contributed by atoms with Crippen LogP contribution in [0.5, 0.6) is 0 Å². The fraction of sp³-hybridized carbons (Fsp3) is 0.733. The highest BCUT2D eigenvalue weighted by Crippen LogP contribution is 2.18. The van der Waals surface area contributed by atoms with Gasteiger partial charge >= 0.3 is 0 Å². The first-order valence-corrected chi connectivity index (χ1v) is 7.78. The number of aromatic nitrogens is 2. The van der Waals surface area contributed by atoms with Crippen molar-refractivity contribution in [1.82, 2.24) is 15.3 Å². The van der Waals surface area contributed by atoms with Gasteiger partial charge in [0, 0.05) is 25.3 Å². The first-order chi connectivity index (χ1) is 9.81. The topological polar surface area (TPSA) is 61.3 Å². The molecule has 2 saturated heterocycles. The molecular weight excluding hydrogens is 252 g/mol. The van der Waals surface area contributed by atoms with E-state index in [1.807, 2.05) is 12.4 Å². The lowest BCUT2D eigenvalue weighted by atomic mass is 10.1. The maximum atomic E-state index is 9.56. The number of hydrogen-bond acceptors (Lipinski definition) is 5. The van der Waals surface area contributed by atoms with E-state index >= 15 is 0 Å². The van der Waals surface area contributed by atoms with Crippen LogP contribution in [0.1, 0.15) is 37.8 Å². The third kappa shape index (κ3) is 3.46. The monoisotopic (exact) mass is 276 g/mol. The number of aryl methyl sites for hydroxylation is 1. The summed E-state index contributed by atoms with van der Waals surface area (Å²) in [5, 5.41) is 13.1. The van der Waals surface area contributed by atoms with Crippen LogP contribution in [0.3, 0.4) is 0 Å². The first kappa shape index (κ1) is 13.8. The summed E-state index contributed by atoms with van der Waals surface area (Å²) < 4.78 is 0. The number of rotatable bonds is 4. The van der Waals surface area contributed by atoms with E-state index in [1.165, 1.54) is 12.8 Å². The minimum Gasteiger partial charge on any atom is -0.393 e. The van der Waals surface area contributed by atoms with Gasteiger partial charge in [0.25, 0.3) is 0 Å². The molecule has 3 heterocycles. The third-order valence-corrected chi connectivity index (χ3v) is 4.37. The number of piperidine rings is 1. The summed E-state index contributed by atoms with van der Waals surface area (Å²) in [4.78, 5) is 11.3. The van der Waals surface area contributed by atoms with Gasteiger partial charge in [-0.1, -0.05) is 0 Å². The van der Waals surface area contributed by atoms with Crippen LogP contribution in [-0.2, 0) is 6.42 Å². The molecule has 3 rings (SSSR count). The van der Waals surface area contributed by atoms with Gasteiger partial charge < -0.3 is 15.3 Å². The predicted octanol–water partition coefficient (Wildman–Crippen LogP) is 1.12. The Kier molecular flexibility index (Phi) is 4.47. The molecule has 2 aliphatic heterocycles. The Hall–Kier alpha value is -1.20. The van der Waals surface area contributed by atoms with Gasteiger partial charge in [-0.05, 0) is 45.1 Å². The fourth-order valence-electron chi connectivity index (χ4n) is 3.09. The maximum absolute atomic E-state index is 9.56. The normalized spacial score (nSPS) is 24.2. The summed E-state index contributed by atoms with van der Waals surface area (Å²) in [5.41, 5.74) is 1.09. The molecule has 1 aromatic heterocycles. The number of aliphatic hydroxyl groups is 1. The minimum atomic E-state index is -0.143. The summed E-state index contributed by atoms with van der Waals surface area (Å²) in [6.07, 6.45) is 9.98. The molecule has 1 atom stereocenters. The molecule has 0 aliphatic carbocycles. The lowest BCUT2D eigenvalue weighted by molar-refractivity contribution is 0.145. The van der Waals surface area contributed by atoms with Crippen molar-refractivity contribution >= 4 is 5.82 Å². The zero-order valence-corrected chi connectivity index (χ0v) is 12.0. The third-order valence-electron chi connectivity index (χ3n) is 4.37. The molecular formula is C15H24N4O. The lowest BCUT2D eigenvalue weighted by Gasteiger charge is -2.30. The molecule has 20 heavy (non-hydrogen) atoms. The van der Waals surface area contributed by atoms with Gasteiger partial charge in [-0.15, -0.1) is 0 Å². The van der Waals surface area contributed by atoms with E-state index in [1.54, 1.807) is 0 Å². The van der Waals surface area contributed by atoms with Gasteiger partial charge in [-0.3, -0.25) is 4.98 Å². The number of aliphatic hydroxyl groups excluding tert-OH is 1. The molecule has 0 unspecified atom stereocenters. The molecule has 2 fully saturated rings. The average Bonchev–Trinajstić information content (AvgIpc) is 3.00. The van der Waals surface area contributed by atoms with E-state index in [4.69, 9.17) is 4.98 Å². The van der Waals surface area contributed by atoms with E-state index in [-0.39, 0.29) is 6.10 Å². The van der Waals surface area contributed by atoms with Crippen LogP contribution in [0, 0.1) is 0 Å². The number of nitrogens with zero attached hydrogens (tertiary/aromatic N) is 3. The summed E-state index contributed by atoms with van der Waals surface area (Å²) >= 11 is 0. The minimum absolute atomic E-state index is 0.143. The van der Waals surface area contributed by atoms with Crippen molar-refractivity contribution in [3.8, 4) is 0 Å². The molecule has 5 heteroatoms. The molecule has 0 bridgehead atoms. The van der Waals surface area contributed by atoms with E-state index < -0.39 is 0 Å². The van der Waals surface area contributed by atoms with E-state index in [0.717, 1.165) is 56.8 Å². The summed E-state index contributed by atoms with van der Waals surface area (Å²) in [7, 11) is 0. The lowest BCUT2D eigenvalue weighted by Crippen LogP contribution is -2.36. The van der Waals surface area contributed by atoms with Crippen molar-refractivity contribution in [2.45, 2.75) is 50.7 Å². The molecule has 0 amide bonds. The van der Waals surface area contributed by atoms with Crippen LogP contribution in [0.4, 0.5) is 5.82 Å². The molecule has 0 spiro atoms. The largest absolute Gasteiger partial charge is 0.393 e. The Balaban J connectivity index is 1.57.